The van der Waals surface area contributed by atoms with E-state index < -0.39 is 6.10 Å². The van der Waals surface area contributed by atoms with Crippen molar-refractivity contribution in [2.45, 2.75) is 25.0 Å². The molecule has 3 rings (SSSR count). The van der Waals surface area contributed by atoms with Gasteiger partial charge in [0.15, 0.2) is 5.58 Å². The molecule has 0 aliphatic carbocycles. The number of hydrogen-bond donors (Lipinski definition) is 2. The van der Waals surface area contributed by atoms with Crippen LogP contribution in [0.4, 0.5) is 0 Å². The van der Waals surface area contributed by atoms with Gasteiger partial charge in [0.25, 0.3) is 0 Å². The summed E-state index contributed by atoms with van der Waals surface area (Å²) >= 11 is 0. The molecular formula is C12H14N2O2. The molecule has 2 atom stereocenters. The minimum absolute atomic E-state index is 0.0769. The first-order valence-corrected chi connectivity index (χ1v) is 5.61. The first-order chi connectivity index (χ1) is 7.84. The van der Waals surface area contributed by atoms with Crippen LogP contribution in [0.25, 0.3) is 11.1 Å². The van der Waals surface area contributed by atoms with E-state index in [0.29, 0.717) is 5.89 Å². The summed E-state index contributed by atoms with van der Waals surface area (Å²) in [5, 5.41) is 13.4. The lowest BCUT2D eigenvalue weighted by atomic mass is 10.1. The number of aromatic nitrogens is 1. The van der Waals surface area contributed by atoms with Crippen LogP contribution in [0.1, 0.15) is 24.8 Å². The number of aliphatic hydroxyl groups excluding tert-OH is 1. The second-order valence-electron chi connectivity index (χ2n) is 4.17. The molecule has 2 aromatic rings. The second-order valence-corrected chi connectivity index (χ2v) is 4.17. The molecule has 1 saturated heterocycles. The molecule has 84 valence electrons. The fourth-order valence-corrected chi connectivity index (χ4v) is 2.17. The van der Waals surface area contributed by atoms with Crippen LogP contribution in [0.2, 0.25) is 0 Å². The van der Waals surface area contributed by atoms with E-state index in [9.17, 15) is 5.11 Å². The summed E-state index contributed by atoms with van der Waals surface area (Å²) in [6.45, 7) is 0.960. The van der Waals surface area contributed by atoms with Crippen molar-refractivity contribution in [3.05, 3.63) is 30.2 Å². The Bertz CT molecular complexity index is 455. The van der Waals surface area contributed by atoms with Crippen LogP contribution in [-0.2, 0) is 0 Å². The molecule has 1 fully saturated rings. The van der Waals surface area contributed by atoms with Crippen LogP contribution in [0.5, 0.6) is 0 Å². The quantitative estimate of drug-likeness (QED) is 0.804. The zero-order valence-corrected chi connectivity index (χ0v) is 8.89. The Labute approximate surface area is 93.3 Å². The lowest BCUT2D eigenvalue weighted by Crippen LogP contribution is -2.28. The summed E-state index contributed by atoms with van der Waals surface area (Å²) < 4.78 is 5.54. The number of nitrogens with zero attached hydrogens (tertiary/aromatic N) is 1. The predicted molar refractivity (Wildman–Crippen MR) is 60.0 cm³/mol. The third-order valence-electron chi connectivity index (χ3n) is 3.04. The molecule has 1 unspecified atom stereocenters. The number of para-hydroxylation sites is 2. The van der Waals surface area contributed by atoms with Gasteiger partial charge in [0.2, 0.25) is 5.89 Å². The van der Waals surface area contributed by atoms with E-state index in [-0.39, 0.29) is 6.04 Å². The summed E-state index contributed by atoms with van der Waals surface area (Å²) in [4.78, 5) is 4.30. The molecule has 4 heteroatoms. The number of nitrogens with one attached hydrogen (secondary N) is 1. The second kappa shape index (κ2) is 3.88. The molecule has 0 radical (unpaired) electrons. The molecule has 0 spiro atoms. The van der Waals surface area contributed by atoms with E-state index in [2.05, 4.69) is 10.3 Å². The minimum Gasteiger partial charge on any atom is -0.438 e. The van der Waals surface area contributed by atoms with Crippen LogP contribution < -0.4 is 5.32 Å². The van der Waals surface area contributed by atoms with Crippen LogP contribution in [0.15, 0.2) is 28.7 Å². The van der Waals surface area contributed by atoms with Crippen LogP contribution >= 0.6 is 0 Å². The van der Waals surface area contributed by atoms with Gasteiger partial charge in [-0.05, 0) is 31.5 Å². The maximum atomic E-state index is 10.1. The fourth-order valence-electron chi connectivity index (χ4n) is 2.17. The van der Waals surface area contributed by atoms with Crippen molar-refractivity contribution < 1.29 is 9.52 Å². The van der Waals surface area contributed by atoms with Gasteiger partial charge in [-0.25, -0.2) is 4.98 Å². The van der Waals surface area contributed by atoms with Crippen molar-refractivity contribution in [2.24, 2.45) is 0 Å². The number of fused-ring (bicyclic) bond motifs is 1. The van der Waals surface area contributed by atoms with E-state index >= 15 is 0 Å². The topological polar surface area (TPSA) is 58.3 Å². The van der Waals surface area contributed by atoms with Gasteiger partial charge >= 0.3 is 0 Å². The summed E-state index contributed by atoms with van der Waals surface area (Å²) in [5.74, 6) is 0.417. The van der Waals surface area contributed by atoms with E-state index in [1.807, 2.05) is 24.3 Å². The average molecular weight is 218 g/mol. The molecule has 0 saturated carbocycles. The maximum absolute atomic E-state index is 10.1. The highest BCUT2D eigenvalue weighted by Crippen LogP contribution is 2.25. The number of oxazole rings is 1. The lowest BCUT2D eigenvalue weighted by molar-refractivity contribution is 0.109. The van der Waals surface area contributed by atoms with Crippen LogP contribution in [-0.4, -0.2) is 22.7 Å². The average Bonchev–Trinajstić information content (AvgIpc) is 2.97. The first kappa shape index (κ1) is 9.81. The van der Waals surface area contributed by atoms with Gasteiger partial charge in [-0.15, -0.1) is 0 Å². The van der Waals surface area contributed by atoms with Gasteiger partial charge in [0, 0.05) is 6.04 Å². The molecule has 1 aliphatic heterocycles. The highest BCUT2D eigenvalue weighted by molar-refractivity contribution is 5.72. The summed E-state index contributed by atoms with van der Waals surface area (Å²) in [6.07, 6.45) is 1.43. The third-order valence-corrected chi connectivity index (χ3v) is 3.04. The first-order valence-electron chi connectivity index (χ1n) is 5.61. The molecular weight excluding hydrogens is 204 g/mol. The van der Waals surface area contributed by atoms with E-state index in [4.69, 9.17) is 4.42 Å². The highest BCUT2D eigenvalue weighted by atomic mass is 16.4. The number of aliphatic hydroxyl groups is 1. The Morgan fingerprint density at radius 1 is 1.44 bits per heavy atom. The van der Waals surface area contributed by atoms with Crippen molar-refractivity contribution in [3.63, 3.8) is 0 Å². The van der Waals surface area contributed by atoms with Gasteiger partial charge in [-0.2, -0.15) is 0 Å². The third kappa shape index (κ3) is 1.60. The van der Waals surface area contributed by atoms with Crippen LogP contribution in [0, 0.1) is 0 Å². The fraction of sp³-hybridized carbons (Fsp3) is 0.417. The molecule has 0 amide bonds. The molecule has 1 aliphatic rings. The molecule has 0 bridgehead atoms. The van der Waals surface area contributed by atoms with E-state index in [0.717, 1.165) is 30.5 Å². The van der Waals surface area contributed by atoms with Gasteiger partial charge in [0.1, 0.15) is 11.6 Å². The van der Waals surface area contributed by atoms with Gasteiger partial charge < -0.3 is 14.8 Å². The summed E-state index contributed by atoms with van der Waals surface area (Å²) in [7, 11) is 0. The van der Waals surface area contributed by atoms with Crippen molar-refractivity contribution in [2.75, 3.05) is 6.54 Å². The van der Waals surface area contributed by atoms with Crippen molar-refractivity contribution in [1.82, 2.24) is 10.3 Å². The van der Waals surface area contributed by atoms with Crippen molar-refractivity contribution >= 4 is 11.1 Å². The lowest BCUT2D eigenvalue weighted by Gasteiger charge is -2.14. The molecule has 1 aromatic carbocycles. The Kier molecular flexibility index (Phi) is 2.38. The van der Waals surface area contributed by atoms with E-state index in [1.54, 1.807) is 0 Å². The molecule has 1 aromatic heterocycles. The Hall–Kier alpha value is -1.39. The van der Waals surface area contributed by atoms with E-state index in [1.165, 1.54) is 0 Å². The molecule has 2 heterocycles. The summed E-state index contributed by atoms with van der Waals surface area (Å²) in [6, 6.07) is 7.64. The summed E-state index contributed by atoms with van der Waals surface area (Å²) in [5.41, 5.74) is 1.53. The molecule has 2 N–H and O–H groups in total. The zero-order chi connectivity index (χ0) is 11.0. The molecule has 4 nitrogen and oxygen atoms in total. The van der Waals surface area contributed by atoms with Crippen molar-refractivity contribution in [1.29, 1.82) is 0 Å². The van der Waals surface area contributed by atoms with Crippen LogP contribution in [0.3, 0.4) is 0 Å². The SMILES string of the molecule is O[C@@H](c1nc2ccccc2o1)C1CCCN1. The maximum Gasteiger partial charge on any atom is 0.225 e. The van der Waals surface area contributed by atoms with Gasteiger partial charge in [-0.3, -0.25) is 0 Å². The number of hydrogen-bond acceptors (Lipinski definition) is 4. The standard InChI is InChI=1S/C12H14N2O2/c15-11(9-5-3-7-13-9)12-14-8-4-1-2-6-10(8)16-12/h1-2,4,6,9,11,13,15H,3,5,7H2/t9?,11-/m1/s1. The zero-order valence-electron chi connectivity index (χ0n) is 8.89. The van der Waals surface area contributed by atoms with Crippen molar-refractivity contribution in [3.8, 4) is 0 Å². The predicted octanol–water partition coefficient (Wildman–Crippen LogP) is 1.61. The monoisotopic (exact) mass is 218 g/mol. The Morgan fingerprint density at radius 3 is 3.06 bits per heavy atom. The van der Waals surface area contributed by atoms with Gasteiger partial charge in [-0.1, -0.05) is 12.1 Å². The number of rotatable bonds is 2. The Morgan fingerprint density at radius 2 is 2.31 bits per heavy atom. The normalized spacial score (nSPS) is 22.7. The molecule has 16 heavy (non-hydrogen) atoms. The van der Waals surface area contributed by atoms with Gasteiger partial charge in [0.05, 0.1) is 0 Å². The number of benzene rings is 1. The Balaban J connectivity index is 1.92. The minimum atomic E-state index is -0.644. The smallest absolute Gasteiger partial charge is 0.225 e. The highest BCUT2D eigenvalue weighted by Gasteiger charge is 2.27. The largest absolute Gasteiger partial charge is 0.438 e.